The van der Waals surface area contributed by atoms with Crippen LogP contribution in [0, 0.1) is 0 Å². The molecular formula is C19H30O3Si. The predicted molar refractivity (Wildman–Crippen MR) is 96.6 cm³/mol. The van der Waals surface area contributed by atoms with Crippen LogP contribution in [0.3, 0.4) is 0 Å². The van der Waals surface area contributed by atoms with Gasteiger partial charge in [0.1, 0.15) is 5.75 Å². The normalized spacial score (nSPS) is 15.4. The third-order valence-electron chi connectivity index (χ3n) is 4.99. The molecule has 0 unspecified atom stereocenters. The Morgan fingerprint density at radius 3 is 2.43 bits per heavy atom. The molecule has 1 saturated carbocycles. The summed E-state index contributed by atoms with van der Waals surface area (Å²) in [6, 6.07) is 6.49. The van der Waals surface area contributed by atoms with Gasteiger partial charge < -0.3 is 9.16 Å². The first-order valence-corrected chi connectivity index (χ1v) is 11.5. The van der Waals surface area contributed by atoms with E-state index >= 15 is 0 Å². The van der Waals surface area contributed by atoms with Gasteiger partial charge in [-0.1, -0.05) is 26.8 Å². The summed E-state index contributed by atoms with van der Waals surface area (Å²) in [6.07, 6.45) is 3.30. The van der Waals surface area contributed by atoms with Crippen molar-refractivity contribution in [1.82, 2.24) is 0 Å². The van der Waals surface area contributed by atoms with Gasteiger partial charge in [0.05, 0.1) is 6.61 Å². The van der Waals surface area contributed by atoms with Gasteiger partial charge in [0.15, 0.2) is 0 Å². The second kappa shape index (κ2) is 6.68. The van der Waals surface area contributed by atoms with E-state index in [2.05, 4.69) is 52.1 Å². The van der Waals surface area contributed by atoms with Gasteiger partial charge >= 0.3 is 5.97 Å². The van der Waals surface area contributed by atoms with Crippen molar-refractivity contribution in [3.63, 3.8) is 0 Å². The maximum atomic E-state index is 11.0. The Morgan fingerprint density at radius 1 is 1.26 bits per heavy atom. The van der Waals surface area contributed by atoms with Gasteiger partial charge in [0.2, 0.25) is 8.32 Å². The van der Waals surface area contributed by atoms with Crippen molar-refractivity contribution in [1.29, 1.82) is 0 Å². The highest BCUT2D eigenvalue weighted by Gasteiger charge is 2.39. The molecule has 1 aliphatic carbocycles. The van der Waals surface area contributed by atoms with Crippen LogP contribution in [0.4, 0.5) is 0 Å². The van der Waals surface area contributed by atoms with Gasteiger partial charge in [-0.3, -0.25) is 4.79 Å². The van der Waals surface area contributed by atoms with Crippen molar-refractivity contribution in [2.45, 2.75) is 71.0 Å². The van der Waals surface area contributed by atoms with Crippen LogP contribution in [-0.2, 0) is 16.0 Å². The lowest BCUT2D eigenvalue weighted by molar-refractivity contribution is -0.140. The van der Waals surface area contributed by atoms with Gasteiger partial charge in [0, 0.05) is 13.3 Å². The molecule has 0 aliphatic heterocycles. The van der Waals surface area contributed by atoms with Gasteiger partial charge in [-0.05, 0) is 60.2 Å². The number of carbonyl (C=O) groups is 1. The average molecular weight is 335 g/mol. The molecule has 128 valence electrons. The summed E-state index contributed by atoms with van der Waals surface area (Å²) in [4.78, 5) is 11.0. The van der Waals surface area contributed by atoms with Crippen molar-refractivity contribution in [3.05, 3.63) is 29.3 Å². The SMILES string of the molecule is CC(=O)OCCc1cc(O[Si](C)(C)C(C)(C)C)ccc1C1CC1. The van der Waals surface area contributed by atoms with Crippen molar-refractivity contribution < 1.29 is 14.0 Å². The zero-order valence-corrected chi connectivity index (χ0v) is 16.4. The first kappa shape index (κ1) is 18.1. The number of ether oxygens (including phenoxy) is 1. The van der Waals surface area contributed by atoms with Crippen LogP contribution in [0.15, 0.2) is 18.2 Å². The third-order valence-corrected chi connectivity index (χ3v) is 9.35. The summed E-state index contributed by atoms with van der Waals surface area (Å²) >= 11 is 0. The first-order valence-electron chi connectivity index (χ1n) is 8.55. The summed E-state index contributed by atoms with van der Waals surface area (Å²) in [6.45, 7) is 13.2. The molecule has 0 bridgehead atoms. The zero-order chi connectivity index (χ0) is 17.3. The van der Waals surface area contributed by atoms with E-state index in [0.29, 0.717) is 12.5 Å². The van der Waals surface area contributed by atoms with Crippen molar-refractivity contribution in [2.75, 3.05) is 6.61 Å². The largest absolute Gasteiger partial charge is 0.543 e. The van der Waals surface area contributed by atoms with Crippen LogP contribution >= 0.6 is 0 Å². The fourth-order valence-corrected chi connectivity index (χ4v) is 3.43. The van der Waals surface area contributed by atoms with E-state index in [0.717, 1.165) is 12.2 Å². The van der Waals surface area contributed by atoms with Gasteiger partial charge in [-0.25, -0.2) is 0 Å². The molecule has 0 saturated heterocycles. The molecule has 1 aliphatic rings. The first-order chi connectivity index (χ1) is 10.6. The number of esters is 1. The van der Waals surface area contributed by atoms with E-state index in [1.165, 1.54) is 30.9 Å². The maximum Gasteiger partial charge on any atom is 0.302 e. The fraction of sp³-hybridized carbons (Fsp3) is 0.632. The Morgan fingerprint density at radius 2 is 1.91 bits per heavy atom. The van der Waals surface area contributed by atoms with Crippen molar-refractivity contribution in [2.24, 2.45) is 0 Å². The molecule has 0 N–H and O–H groups in total. The minimum atomic E-state index is -1.83. The van der Waals surface area contributed by atoms with E-state index in [1.807, 2.05) is 0 Å². The van der Waals surface area contributed by atoms with E-state index in [-0.39, 0.29) is 11.0 Å². The zero-order valence-electron chi connectivity index (χ0n) is 15.4. The topological polar surface area (TPSA) is 35.5 Å². The van der Waals surface area contributed by atoms with Gasteiger partial charge in [0.25, 0.3) is 0 Å². The summed E-state index contributed by atoms with van der Waals surface area (Å²) < 4.78 is 11.5. The van der Waals surface area contributed by atoms with Gasteiger partial charge in [-0.15, -0.1) is 0 Å². The highest BCUT2D eigenvalue weighted by Crippen LogP contribution is 2.43. The molecule has 0 atom stereocenters. The van der Waals surface area contributed by atoms with Crippen LogP contribution in [0.1, 0.15) is 57.6 Å². The van der Waals surface area contributed by atoms with E-state index in [1.54, 1.807) is 0 Å². The average Bonchev–Trinajstić information content (AvgIpc) is 3.21. The standard InChI is InChI=1S/C19H30O3Si/c1-14(20)21-12-11-16-13-17(9-10-18(16)15-7-8-15)22-23(5,6)19(2,3)4/h9-10,13,15H,7-8,11-12H2,1-6H3. The summed E-state index contributed by atoms with van der Waals surface area (Å²) in [5, 5.41) is 0.181. The summed E-state index contributed by atoms with van der Waals surface area (Å²) in [5.74, 6) is 1.43. The second-order valence-electron chi connectivity index (χ2n) is 8.09. The Kier molecular flexibility index (Phi) is 5.24. The maximum absolute atomic E-state index is 11.0. The molecule has 0 aromatic heterocycles. The molecule has 2 rings (SSSR count). The van der Waals surface area contributed by atoms with E-state index in [9.17, 15) is 4.79 Å². The van der Waals surface area contributed by atoms with Crippen LogP contribution in [-0.4, -0.2) is 20.9 Å². The summed E-state index contributed by atoms with van der Waals surface area (Å²) in [5.41, 5.74) is 2.67. The lowest BCUT2D eigenvalue weighted by Crippen LogP contribution is -2.43. The molecule has 0 spiro atoms. The number of hydrogen-bond acceptors (Lipinski definition) is 3. The molecule has 0 heterocycles. The van der Waals surface area contributed by atoms with Crippen molar-refractivity contribution >= 4 is 14.3 Å². The lowest BCUT2D eigenvalue weighted by Gasteiger charge is -2.36. The molecule has 3 nitrogen and oxygen atoms in total. The van der Waals surface area contributed by atoms with E-state index in [4.69, 9.17) is 9.16 Å². The van der Waals surface area contributed by atoms with E-state index < -0.39 is 8.32 Å². The Labute approximate surface area is 141 Å². The van der Waals surface area contributed by atoms with Crippen LogP contribution in [0.2, 0.25) is 18.1 Å². The number of benzene rings is 1. The van der Waals surface area contributed by atoms with Crippen LogP contribution in [0.25, 0.3) is 0 Å². The molecule has 1 fully saturated rings. The quantitative estimate of drug-likeness (QED) is 0.539. The number of rotatable bonds is 6. The minimum Gasteiger partial charge on any atom is -0.543 e. The smallest absolute Gasteiger partial charge is 0.302 e. The summed E-state index contributed by atoms with van der Waals surface area (Å²) in [7, 11) is -1.83. The molecule has 0 amide bonds. The molecule has 23 heavy (non-hydrogen) atoms. The molecular weight excluding hydrogens is 304 g/mol. The second-order valence-corrected chi connectivity index (χ2v) is 12.8. The Bertz CT molecular complexity index is 568. The van der Waals surface area contributed by atoms with Gasteiger partial charge in [-0.2, -0.15) is 0 Å². The number of carbonyl (C=O) groups excluding carboxylic acids is 1. The molecule has 1 aromatic rings. The van der Waals surface area contributed by atoms with Crippen LogP contribution < -0.4 is 4.43 Å². The van der Waals surface area contributed by atoms with Crippen LogP contribution in [0.5, 0.6) is 5.75 Å². The highest BCUT2D eigenvalue weighted by molar-refractivity contribution is 6.74. The minimum absolute atomic E-state index is 0.181. The van der Waals surface area contributed by atoms with Crippen molar-refractivity contribution in [3.8, 4) is 5.75 Å². The molecule has 4 heteroatoms. The monoisotopic (exact) mass is 334 g/mol. The fourth-order valence-electron chi connectivity index (χ4n) is 2.41. The Balaban J connectivity index is 2.17. The highest BCUT2D eigenvalue weighted by atomic mass is 28.4. The molecule has 1 aromatic carbocycles. The Hall–Kier alpha value is -1.29. The number of hydrogen-bond donors (Lipinski definition) is 0. The molecule has 0 radical (unpaired) electrons. The predicted octanol–water partition coefficient (Wildman–Crippen LogP) is 5.05. The third kappa shape index (κ3) is 4.84. The lowest BCUT2D eigenvalue weighted by atomic mass is 10.0.